The van der Waals surface area contributed by atoms with E-state index < -0.39 is 5.97 Å². The first-order valence-electron chi connectivity index (χ1n) is 11.4. The molecule has 0 saturated heterocycles. The summed E-state index contributed by atoms with van der Waals surface area (Å²) in [6.45, 7) is 1.98. The van der Waals surface area contributed by atoms with E-state index in [2.05, 4.69) is 6.07 Å². The van der Waals surface area contributed by atoms with Crippen LogP contribution in [0.25, 0.3) is 12.2 Å². The van der Waals surface area contributed by atoms with Crippen LogP contribution in [0.3, 0.4) is 0 Å². The van der Waals surface area contributed by atoms with Crippen molar-refractivity contribution in [3.8, 4) is 28.7 Å². The van der Waals surface area contributed by atoms with Crippen molar-refractivity contribution in [2.45, 2.75) is 25.9 Å². The molecule has 1 aliphatic rings. The van der Waals surface area contributed by atoms with Gasteiger partial charge in [-0.3, -0.25) is 0 Å². The number of carbonyl (C=O) groups is 1. The molecule has 0 aromatic heterocycles. The minimum absolute atomic E-state index is 0.164. The number of aryl methyl sites for hydroxylation is 1. The molecule has 180 valence electrons. The van der Waals surface area contributed by atoms with Crippen LogP contribution in [0.1, 0.15) is 41.7 Å². The van der Waals surface area contributed by atoms with Crippen LogP contribution in [0.5, 0.6) is 28.7 Å². The molecule has 6 heteroatoms. The Kier molecular flexibility index (Phi) is 7.41. The summed E-state index contributed by atoms with van der Waals surface area (Å²) in [5.41, 5.74) is 3.89. The Morgan fingerprint density at radius 1 is 0.943 bits per heavy atom. The summed E-state index contributed by atoms with van der Waals surface area (Å²) in [4.78, 5) is 12.3. The number of allylic oxidation sites excluding steroid dienone is 1. The van der Waals surface area contributed by atoms with Gasteiger partial charge in [-0.1, -0.05) is 30.4 Å². The lowest BCUT2D eigenvalue weighted by Crippen LogP contribution is -2.16. The first kappa shape index (κ1) is 24.0. The van der Waals surface area contributed by atoms with Gasteiger partial charge in [-0.25, -0.2) is 4.79 Å². The monoisotopic (exact) mass is 472 g/mol. The predicted molar refractivity (Wildman–Crippen MR) is 135 cm³/mol. The Hall–Kier alpha value is -4.19. The predicted octanol–water partition coefficient (Wildman–Crippen LogP) is 6.13. The van der Waals surface area contributed by atoms with Crippen LogP contribution >= 0.6 is 0 Å². The van der Waals surface area contributed by atoms with Gasteiger partial charge in [0.2, 0.25) is 0 Å². The molecule has 1 aliphatic heterocycles. The van der Waals surface area contributed by atoms with Gasteiger partial charge < -0.3 is 24.1 Å². The van der Waals surface area contributed by atoms with E-state index in [0.29, 0.717) is 17.2 Å². The molecular formula is C29H28O6. The number of carbonyl (C=O) groups excluding carboxylic acids is 1. The van der Waals surface area contributed by atoms with Gasteiger partial charge in [0.1, 0.15) is 11.9 Å². The lowest BCUT2D eigenvalue weighted by molar-refractivity contribution is -0.129. The Bertz CT molecular complexity index is 1240. The van der Waals surface area contributed by atoms with Crippen molar-refractivity contribution in [3.05, 3.63) is 89.0 Å². The molecular weight excluding hydrogens is 444 g/mol. The van der Waals surface area contributed by atoms with Crippen molar-refractivity contribution in [3.63, 3.8) is 0 Å². The van der Waals surface area contributed by atoms with E-state index in [4.69, 9.17) is 18.9 Å². The maximum absolute atomic E-state index is 12.3. The van der Waals surface area contributed by atoms with E-state index in [1.54, 1.807) is 43.5 Å². The van der Waals surface area contributed by atoms with E-state index >= 15 is 0 Å². The number of hydrogen-bond acceptors (Lipinski definition) is 6. The van der Waals surface area contributed by atoms with Crippen molar-refractivity contribution in [2.24, 2.45) is 0 Å². The molecule has 0 spiro atoms. The van der Waals surface area contributed by atoms with Gasteiger partial charge in [-0.2, -0.15) is 0 Å². The number of rotatable bonds is 7. The summed E-state index contributed by atoms with van der Waals surface area (Å²) >= 11 is 0. The molecule has 4 rings (SSSR count). The van der Waals surface area contributed by atoms with Crippen molar-refractivity contribution in [1.82, 2.24) is 0 Å². The molecule has 0 unspecified atom stereocenters. The van der Waals surface area contributed by atoms with Gasteiger partial charge in [0.05, 0.1) is 14.2 Å². The summed E-state index contributed by atoms with van der Waals surface area (Å²) < 4.78 is 22.9. The summed E-state index contributed by atoms with van der Waals surface area (Å²) in [5, 5.41) is 9.36. The van der Waals surface area contributed by atoms with Crippen LogP contribution in [0.2, 0.25) is 0 Å². The van der Waals surface area contributed by atoms with Crippen molar-refractivity contribution < 1.29 is 28.8 Å². The van der Waals surface area contributed by atoms with E-state index in [1.807, 2.05) is 37.3 Å². The maximum Gasteiger partial charge on any atom is 0.336 e. The second-order valence-electron chi connectivity index (χ2n) is 8.11. The third-order valence-corrected chi connectivity index (χ3v) is 5.74. The van der Waals surface area contributed by atoms with E-state index in [-0.39, 0.29) is 11.9 Å². The highest BCUT2D eigenvalue weighted by atomic mass is 16.6. The number of esters is 1. The molecule has 0 amide bonds. The Morgan fingerprint density at radius 2 is 1.71 bits per heavy atom. The number of benzene rings is 3. The van der Waals surface area contributed by atoms with Crippen LogP contribution in [-0.4, -0.2) is 25.3 Å². The van der Waals surface area contributed by atoms with Gasteiger partial charge >= 0.3 is 5.97 Å². The van der Waals surface area contributed by atoms with Crippen molar-refractivity contribution in [2.75, 3.05) is 14.2 Å². The maximum atomic E-state index is 12.3. The number of phenolic OH excluding ortho intramolecular Hbond substituents is 1. The Morgan fingerprint density at radius 3 is 2.43 bits per heavy atom. The molecule has 1 N–H and O–H groups in total. The minimum Gasteiger partial charge on any atom is -0.508 e. The molecule has 0 aliphatic carbocycles. The molecule has 0 fully saturated rings. The number of hydrogen-bond donors (Lipinski definition) is 1. The topological polar surface area (TPSA) is 74.2 Å². The Balaban J connectivity index is 1.50. The zero-order valence-corrected chi connectivity index (χ0v) is 20.0. The molecule has 0 saturated carbocycles. The van der Waals surface area contributed by atoms with Gasteiger partial charge in [0.25, 0.3) is 0 Å². The highest BCUT2D eigenvalue weighted by Crippen LogP contribution is 2.43. The fourth-order valence-corrected chi connectivity index (χ4v) is 4.03. The fraction of sp³-hybridized carbons (Fsp3) is 0.207. The van der Waals surface area contributed by atoms with Crippen molar-refractivity contribution in [1.29, 1.82) is 0 Å². The third-order valence-electron chi connectivity index (χ3n) is 5.74. The second-order valence-corrected chi connectivity index (χ2v) is 8.11. The average Bonchev–Trinajstić information content (AvgIpc) is 2.88. The molecule has 3 aromatic rings. The summed E-state index contributed by atoms with van der Waals surface area (Å²) in [7, 11) is 3.18. The van der Waals surface area contributed by atoms with Gasteiger partial charge in [-0.15, -0.1) is 0 Å². The molecule has 1 heterocycles. The van der Waals surface area contributed by atoms with E-state index in [0.717, 1.165) is 40.8 Å². The number of methoxy groups -OCH3 is 2. The fourth-order valence-electron chi connectivity index (χ4n) is 4.03. The van der Waals surface area contributed by atoms with Crippen LogP contribution in [0, 0.1) is 0 Å². The number of ether oxygens (including phenoxy) is 4. The van der Waals surface area contributed by atoms with Crippen molar-refractivity contribution >= 4 is 18.1 Å². The summed E-state index contributed by atoms with van der Waals surface area (Å²) in [6, 6.07) is 16.0. The smallest absolute Gasteiger partial charge is 0.336 e. The van der Waals surface area contributed by atoms with E-state index in [1.165, 1.54) is 13.2 Å². The quantitative estimate of drug-likeness (QED) is 0.253. The average molecular weight is 473 g/mol. The highest BCUT2D eigenvalue weighted by Gasteiger charge is 2.26. The lowest BCUT2D eigenvalue weighted by Gasteiger charge is -2.28. The molecule has 3 aromatic carbocycles. The Labute approximate surface area is 205 Å². The summed E-state index contributed by atoms with van der Waals surface area (Å²) in [6.07, 6.45) is 8.45. The lowest BCUT2D eigenvalue weighted by atomic mass is 9.95. The van der Waals surface area contributed by atoms with Crippen LogP contribution in [-0.2, 0) is 11.2 Å². The van der Waals surface area contributed by atoms with Crippen LogP contribution in [0.4, 0.5) is 0 Å². The van der Waals surface area contributed by atoms with Gasteiger partial charge in [0.15, 0.2) is 23.0 Å². The van der Waals surface area contributed by atoms with Crippen LogP contribution in [0.15, 0.2) is 66.7 Å². The standard InChI is InChI=1S/C29H28O6/c1-4-5-20-16-22-10-13-24(35-29(22)27(17-20)33-3)21-9-14-25(26(18-21)32-2)34-28(31)15-8-19-6-11-23(30)12-7-19/h4-9,11-12,14-18,24,30H,10,13H2,1-3H3/b5-4+,15-8+/t24-/m1/s1. The zero-order valence-electron chi connectivity index (χ0n) is 20.0. The van der Waals surface area contributed by atoms with Gasteiger partial charge in [0, 0.05) is 6.08 Å². The first-order chi connectivity index (χ1) is 17.0. The van der Waals surface area contributed by atoms with E-state index in [9.17, 15) is 9.90 Å². The second kappa shape index (κ2) is 10.8. The zero-order chi connectivity index (χ0) is 24.8. The number of phenols is 1. The number of aromatic hydroxyl groups is 1. The first-order valence-corrected chi connectivity index (χ1v) is 11.4. The minimum atomic E-state index is -0.534. The van der Waals surface area contributed by atoms with Gasteiger partial charge in [-0.05, 0) is 84.5 Å². The SMILES string of the molecule is C/C=C/c1cc2c(c(OC)c1)O[C@@H](c1ccc(OC(=O)/C=C/c3ccc(O)cc3)c(OC)c1)CC2. The summed E-state index contributed by atoms with van der Waals surface area (Å²) in [5.74, 6) is 1.86. The molecule has 1 atom stereocenters. The number of fused-ring (bicyclic) bond motifs is 1. The highest BCUT2D eigenvalue weighted by molar-refractivity contribution is 5.89. The molecule has 35 heavy (non-hydrogen) atoms. The largest absolute Gasteiger partial charge is 0.508 e. The van der Waals surface area contributed by atoms with Crippen LogP contribution < -0.4 is 18.9 Å². The molecule has 6 nitrogen and oxygen atoms in total. The molecule has 0 radical (unpaired) electrons. The third kappa shape index (κ3) is 5.66. The normalized spacial score (nSPS) is 15.0. The molecule has 0 bridgehead atoms.